The highest BCUT2D eigenvalue weighted by Gasteiger charge is 2.46. The van der Waals surface area contributed by atoms with E-state index in [0.29, 0.717) is 19.3 Å². The Morgan fingerprint density at radius 2 is 1.13 bits per heavy atom. The van der Waals surface area contributed by atoms with Gasteiger partial charge >= 0.3 is 11.9 Å². The minimum atomic E-state index is -4.60. The average molecular weight is 791 g/mol. The summed E-state index contributed by atoms with van der Waals surface area (Å²) in [6, 6.07) is 0. The summed E-state index contributed by atoms with van der Waals surface area (Å²) in [6.45, 7) is 3.68. The maximum absolute atomic E-state index is 12.7. The van der Waals surface area contributed by atoms with Crippen molar-refractivity contribution < 1.29 is 56.8 Å². The molecule has 0 aromatic carbocycles. The van der Waals surface area contributed by atoms with Crippen LogP contribution in [-0.4, -0.2) is 96.0 Å². The maximum atomic E-state index is 12.7. The lowest BCUT2D eigenvalue weighted by Crippen LogP contribution is -2.60. The largest absolute Gasteiger partial charge is 0.462 e. The monoisotopic (exact) mass is 790 g/mol. The molecule has 1 fully saturated rings. The van der Waals surface area contributed by atoms with Gasteiger partial charge in [0.2, 0.25) is 0 Å². The van der Waals surface area contributed by atoms with Crippen molar-refractivity contribution in [2.75, 3.05) is 19.0 Å². The normalized spacial score (nSPS) is 21.2. The molecule has 12 nitrogen and oxygen atoms in total. The summed E-state index contributed by atoms with van der Waals surface area (Å²) in [5.74, 6) is -2.04. The van der Waals surface area contributed by atoms with Crippen LogP contribution in [0.4, 0.5) is 0 Å². The van der Waals surface area contributed by atoms with Gasteiger partial charge in [0.25, 0.3) is 10.1 Å². The molecule has 1 aliphatic rings. The fourth-order valence-electron chi connectivity index (χ4n) is 6.24. The molecule has 54 heavy (non-hydrogen) atoms. The molecular weight excluding hydrogens is 717 g/mol. The number of aliphatic hydroxyl groups excluding tert-OH is 3. The molecule has 1 heterocycles. The number of carbonyl (C=O) groups excluding carboxylic acids is 2. The van der Waals surface area contributed by atoms with Crippen LogP contribution in [0.25, 0.3) is 0 Å². The van der Waals surface area contributed by atoms with Gasteiger partial charge in [-0.25, -0.2) is 0 Å². The number of hydrogen-bond donors (Lipinski definition) is 4. The smallest absolute Gasteiger partial charge is 0.306 e. The Morgan fingerprint density at radius 1 is 0.630 bits per heavy atom. The molecule has 0 radical (unpaired) electrons. The van der Waals surface area contributed by atoms with E-state index in [0.717, 1.165) is 32.1 Å². The summed E-state index contributed by atoms with van der Waals surface area (Å²) >= 11 is 0. The zero-order valence-corrected chi connectivity index (χ0v) is 34.1. The zero-order chi connectivity index (χ0) is 39.9. The highest BCUT2D eigenvalue weighted by molar-refractivity contribution is 7.85. The number of aliphatic hydroxyl groups is 3. The van der Waals surface area contributed by atoms with Crippen molar-refractivity contribution >= 4 is 22.1 Å². The Hall–Kier alpha value is -1.87. The van der Waals surface area contributed by atoms with Crippen molar-refractivity contribution in [3.05, 3.63) is 24.3 Å². The second kappa shape index (κ2) is 32.2. The van der Waals surface area contributed by atoms with E-state index in [1.165, 1.54) is 89.9 Å². The molecule has 0 bridgehead atoms. The first-order valence-corrected chi connectivity index (χ1v) is 22.5. The molecule has 13 heteroatoms. The first-order valence-electron chi connectivity index (χ1n) is 20.9. The van der Waals surface area contributed by atoms with Crippen molar-refractivity contribution in [1.82, 2.24) is 0 Å². The molecule has 1 rings (SSSR count). The molecule has 0 aliphatic carbocycles. The van der Waals surface area contributed by atoms with Gasteiger partial charge in [-0.3, -0.25) is 14.1 Å². The van der Waals surface area contributed by atoms with Gasteiger partial charge in [-0.2, -0.15) is 8.42 Å². The second-order valence-corrected chi connectivity index (χ2v) is 16.2. The number of rotatable bonds is 34. The number of hydrogen-bond acceptors (Lipinski definition) is 11. The van der Waals surface area contributed by atoms with Crippen LogP contribution in [0, 0.1) is 0 Å². The molecule has 4 N–H and O–H groups in total. The lowest BCUT2D eigenvalue weighted by atomic mass is 10.00. The van der Waals surface area contributed by atoms with Crippen molar-refractivity contribution in [1.29, 1.82) is 0 Å². The molecule has 1 saturated heterocycles. The summed E-state index contributed by atoms with van der Waals surface area (Å²) in [4.78, 5) is 25.2. The molecule has 2 unspecified atom stereocenters. The van der Waals surface area contributed by atoms with Gasteiger partial charge in [0.15, 0.2) is 12.4 Å². The van der Waals surface area contributed by atoms with Gasteiger partial charge in [-0.1, -0.05) is 141 Å². The van der Waals surface area contributed by atoms with E-state index in [1.807, 2.05) is 6.08 Å². The molecular formula is C41H74O12S. The number of ether oxygens (including phenoxy) is 4. The Morgan fingerprint density at radius 3 is 1.69 bits per heavy atom. The van der Waals surface area contributed by atoms with Crippen LogP contribution in [0.5, 0.6) is 0 Å². The van der Waals surface area contributed by atoms with Crippen LogP contribution in [0.3, 0.4) is 0 Å². The molecule has 6 atom stereocenters. The standard InChI is InChI=1S/C41H74O12S/c1-3-5-7-9-11-13-14-15-16-17-18-19-20-22-24-26-28-30-37(43)52-34(31-50-36(42)29-27-25-23-21-12-10-8-6-4-2)32-51-41-40(46)39(45)38(44)35(53-41)33-54(47,48)49/h18-19,22,24,34-35,38-41,44-46H,3-17,20-21,23,25-33H2,1-2H3,(H,47,48,49)/b19-18+,24-22+/t34-,35-,38-,39?,40?,41+/m1/s1. The third-order valence-corrected chi connectivity index (χ3v) is 10.3. The SMILES string of the molecule is CCCCCCCCCCC/C=C/C/C=C/CCCC(=O)O[C@H](COC(=O)CCCCCCCCCCC)CO[C@H]1O[C@H](CS(=O)(=O)O)[C@@H](O)C(O)C1O. The van der Waals surface area contributed by atoms with E-state index in [2.05, 4.69) is 32.1 Å². The number of unbranched alkanes of at least 4 members (excludes halogenated alkanes) is 18. The Bertz CT molecular complexity index is 1110. The van der Waals surface area contributed by atoms with Crippen molar-refractivity contribution in [3.63, 3.8) is 0 Å². The van der Waals surface area contributed by atoms with Crippen LogP contribution >= 0.6 is 0 Å². The number of carbonyl (C=O) groups is 2. The van der Waals surface area contributed by atoms with Crippen LogP contribution in [-0.2, 0) is 38.7 Å². The minimum Gasteiger partial charge on any atom is -0.462 e. The van der Waals surface area contributed by atoms with Crippen molar-refractivity contribution in [2.24, 2.45) is 0 Å². The van der Waals surface area contributed by atoms with Crippen molar-refractivity contribution in [2.45, 2.75) is 205 Å². The first-order chi connectivity index (χ1) is 26.0. The van der Waals surface area contributed by atoms with Crippen LogP contribution < -0.4 is 0 Å². The Balaban J connectivity index is 2.50. The quantitative estimate of drug-likeness (QED) is 0.0216. The third-order valence-electron chi connectivity index (χ3n) is 9.53. The van der Waals surface area contributed by atoms with E-state index in [1.54, 1.807) is 0 Å². The van der Waals surface area contributed by atoms with Gasteiger partial charge in [-0.05, 0) is 38.5 Å². The predicted molar refractivity (Wildman–Crippen MR) is 210 cm³/mol. The molecule has 0 aromatic rings. The average Bonchev–Trinajstić information content (AvgIpc) is 3.13. The second-order valence-electron chi connectivity index (χ2n) is 14.7. The minimum absolute atomic E-state index is 0.103. The Kier molecular flexibility index (Phi) is 29.9. The lowest BCUT2D eigenvalue weighted by molar-refractivity contribution is -0.297. The van der Waals surface area contributed by atoms with E-state index >= 15 is 0 Å². The topological polar surface area (TPSA) is 186 Å². The lowest BCUT2D eigenvalue weighted by Gasteiger charge is -2.40. The van der Waals surface area contributed by atoms with E-state index in [9.17, 15) is 37.9 Å². The van der Waals surface area contributed by atoms with Crippen LogP contribution in [0.15, 0.2) is 24.3 Å². The highest BCUT2D eigenvalue weighted by atomic mass is 32.2. The maximum Gasteiger partial charge on any atom is 0.306 e. The molecule has 1 aliphatic heterocycles. The van der Waals surface area contributed by atoms with Gasteiger partial charge < -0.3 is 34.3 Å². The molecule has 0 spiro atoms. The molecule has 316 valence electrons. The van der Waals surface area contributed by atoms with Gasteiger partial charge in [0.05, 0.1) is 6.61 Å². The summed E-state index contributed by atoms with van der Waals surface area (Å²) < 4.78 is 53.8. The fraction of sp³-hybridized carbons (Fsp3) is 0.854. The highest BCUT2D eigenvalue weighted by Crippen LogP contribution is 2.24. The predicted octanol–water partition coefficient (Wildman–Crippen LogP) is 7.67. The number of allylic oxidation sites excluding steroid dienone is 4. The molecule has 0 saturated carbocycles. The van der Waals surface area contributed by atoms with E-state index in [4.69, 9.17) is 18.9 Å². The van der Waals surface area contributed by atoms with Crippen molar-refractivity contribution in [3.8, 4) is 0 Å². The summed E-state index contributed by atoms with van der Waals surface area (Å²) in [5.41, 5.74) is 0. The van der Waals surface area contributed by atoms with Crippen LogP contribution in [0.2, 0.25) is 0 Å². The summed E-state index contributed by atoms with van der Waals surface area (Å²) in [5, 5.41) is 30.8. The number of esters is 2. The summed E-state index contributed by atoms with van der Waals surface area (Å²) in [7, 11) is -4.60. The van der Waals surface area contributed by atoms with Crippen LogP contribution in [0.1, 0.15) is 168 Å². The first kappa shape index (κ1) is 50.1. The molecule has 0 amide bonds. The summed E-state index contributed by atoms with van der Waals surface area (Å²) in [6.07, 6.45) is 24.0. The van der Waals surface area contributed by atoms with Gasteiger partial charge in [-0.15, -0.1) is 0 Å². The van der Waals surface area contributed by atoms with Gasteiger partial charge in [0, 0.05) is 12.8 Å². The Labute approximate surface area is 326 Å². The fourth-order valence-corrected chi connectivity index (χ4v) is 6.94. The third kappa shape index (κ3) is 26.9. The van der Waals surface area contributed by atoms with E-state index < -0.39 is 71.2 Å². The zero-order valence-electron chi connectivity index (χ0n) is 33.3. The van der Waals surface area contributed by atoms with Gasteiger partial charge in [0.1, 0.15) is 36.8 Å². The van der Waals surface area contributed by atoms with E-state index in [-0.39, 0.29) is 19.4 Å². The molecule has 0 aromatic heterocycles.